The van der Waals surface area contributed by atoms with E-state index in [4.69, 9.17) is 23.2 Å². The van der Waals surface area contributed by atoms with E-state index in [2.05, 4.69) is 35.5 Å². The molecule has 1 atom stereocenters. The molecule has 0 bridgehead atoms. The van der Waals surface area contributed by atoms with Crippen LogP contribution in [-0.2, 0) is 0 Å². The molecule has 0 fully saturated rings. The first kappa shape index (κ1) is 11.0. The number of H-pyrrole nitrogens is 1. The van der Waals surface area contributed by atoms with Gasteiger partial charge in [-0.2, -0.15) is 20.1 Å². The van der Waals surface area contributed by atoms with E-state index in [-0.39, 0.29) is 22.6 Å². The summed E-state index contributed by atoms with van der Waals surface area (Å²) in [4.78, 5) is 15.4. The third kappa shape index (κ3) is 2.56. The monoisotopic (exact) mass is 259 g/mol. The molecule has 2 rings (SSSR count). The van der Waals surface area contributed by atoms with Gasteiger partial charge >= 0.3 is 0 Å². The molecule has 0 saturated heterocycles. The first-order valence-corrected chi connectivity index (χ1v) is 5.09. The molecule has 9 heteroatoms. The molecule has 1 unspecified atom stereocenters. The van der Waals surface area contributed by atoms with Crippen molar-refractivity contribution in [1.82, 2.24) is 30.1 Å². The molecule has 0 aliphatic carbocycles. The van der Waals surface area contributed by atoms with Crippen molar-refractivity contribution in [2.45, 2.75) is 13.0 Å². The molecule has 0 aliphatic heterocycles. The Labute approximate surface area is 101 Å². The zero-order valence-corrected chi connectivity index (χ0v) is 9.66. The lowest BCUT2D eigenvalue weighted by molar-refractivity contribution is 0.780. The molecule has 0 amide bonds. The van der Waals surface area contributed by atoms with Crippen molar-refractivity contribution in [1.29, 1.82) is 0 Å². The minimum absolute atomic E-state index is 0.0345. The van der Waals surface area contributed by atoms with Crippen LogP contribution in [0, 0.1) is 0 Å². The van der Waals surface area contributed by atoms with Crippen LogP contribution in [0.4, 0.5) is 5.95 Å². The highest BCUT2D eigenvalue weighted by molar-refractivity contribution is 6.31. The fourth-order valence-corrected chi connectivity index (χ4v) is 1.44. The second-order valence-corrected chi connectivity index (χ2v) is 3.61. The topological polar surface area (TPSA) is 92.3 Å². The van der Waals surface area contributed by atoms with Crippen molar-refractivity contribution >= 4 is 29.2 Å². The van der Waals surface area contributed by atoms with Crippen LogP contribution in [-0.4, -0.2) is 30.1 Å². The maximum absolute atomic E-state index is 5.64. The van der Waals surface area contributed by atoms with Crippen LogP contribution in [0.1, 0.15) is 18.8 Å². The van der Waals surface area contributed by atoms with Crippen molar-refractivity contribution in [3.8, 4) is 0 Å². The summed E-state index contributed by atoms with van der Waals surface area (Å²) in [5.74, 6) is 0.946. The predicted octanol–water partition coefficient (Wildman–Crippen LogP) is 1.47. The SMILES string of the molecule is CC(Nc1nc(Cl)nc(Cl)n1)c1ncn[nH]1. The zero-order chi connectivity index (χ0) is 11.5. The lowest BCUT2D eigenvalue weighted by Crippen LogP contribution is -2.11. The Kier molecular flexibility index (Phi) is 3.16. The molecule has 0 saturated carbocycles. The molecule has 0 radical (unpaired) electrons. The quantitative estimate of drug-likeness (QED) is 0.868. The second kappa shape index (κ2) is 4.58. The molecule has 2 heterocycles. The zero-order valence-electron chi connectivity index (χ0n) is 8.15. The predicted molar refractivity (Wildman–Crippen MR) is 58.3 cm³/mol. The van der Waals surface area contributed by atoms with Crippen molar-refractivity contribution in [2.24, 2.45) is 0 Å². The Balaban J connectivity index is 2.15. The molecule has 2 aromatic heterocycles. The molecular weight excluding hydrogens is 253 g/mol. The van der Waals surface area contributed by atoms with Crippen molar-refractivity contribution in [3.05, 3.63) is 22.7 Å². The number of hydrogen-bond donors (Lipinski definition) is 2. The molecule has 0 spiro atoms. The first-order valence-electron chi connectivity index (χ1n) is 4.34. The van der Waals surface area contributed by atoms with E-state index in [1.54, 1.807) is 0 Å². The lowest BCUT2D eigenvalue weighted by Gasteiger charge is -2.10. The number of aromatic amines is 1. The fraction of sp³-hybridized carbons (Fsp3) is 0.286. The van der Waals surface area contributed by atoms with Gasteiger partial charge < -0.3 is 5.32 Å². The summed E-state index contributed by atoms with van der Waals surface area (Å²) in [6.07, 6.45) is 1.42. The van der Waals surface area contributed by atoms with E-state index in [1.165, 1.54) is 6.33 Å². The van der Waals surface area contributed by atoms with Crippen molar-refractivity contribution in [3.63, 3.8) is 0 Å². The summed E-state index contributed by atoms with van der Waals surface area (Å²) in [5, 5.41) is 9.49. The number of rotatable bonds is 3. The van der Waals surface area contributed by atoms with Gasteiger partial charge in [0.2, 0.25) is 16.5 Å². The highest BCUT2D eigenvalue weighted by Gasteiger charge is 2.11. The van der Waals surface area contributed by atoms with Gasteiger partial charge in [0.05, 0.1) is 6.04 Å². The van der Waals surface area contributed by atoms with Crippen LogP contribution in [0.2, 0.25) is 10.6 Å². The molecule has 2 N–H and O–H groups in total. The summed E-state index contributed by atoms with van der Waals surface area (Å²) < 4.78 is 0. The van der Waals surface area contributed by atoms with E-state index in [0.29, 0.717) is 5.82 Å². The largest absolute Gasteiger partial charge is 0.344 e. The van der Waals surface area contributed by atoms with Gasteiger partial charge in [-0.1, -0.05) is 0 Å². The van der Waals surface area contributed by atoms with Crippen molar-refractivity contribution < 1.29 is 0 Å². The normalized spacial score (nSPS) is 12.4. The third-order valence-electron chi connectivity index (χ3n) is 1.77. The summed E-state index contributed by atoms with van der Waals surface area (Å²) in [6.45, 7) is 1.87. The Morgan fingerprint density at radius 3 is 2.50 bits per heavy atom. The van der Waals surface area contributed by atoms with Crippen LogP contribution in [0.15, 0.2) is 6.33 Å². The molecule has 0 aromatic carbocycles. The Bertz CT molecular complexity index is 451. The molecule has 0 aliphatic rings. The standard InChI is InChI=1S/C7H7Cl2N7/c1-3(4-10-2-11-16-4)12-7-14-5(8)13-6(9)15-7/h2-3H,1H3,(H,10,11,16)(H,12,13,14,15). The number of hydrogen-bond acceptors (Lipinski definition) is 6. The van der Waals surface area contributed by atoms with Gasteiger partial charge in [0.1, 0.15) is 12.2 Å². The van der Waals surface area contributed by atoms with E-state index >= 15 is 0 Å². The van der Waals surface area contributed by atoms with Crippen LogP contribution in [0.3, 0.4) is 0 Å². The fourth-order valence-electron chi connectivity index (χ4n) is 1.08. The molecular formula is C7H7Cl2N7. The van der Waals surface area contributed by atoms with Gasteiger partial charge in [0.25, 0.3) is 0 Å². The number of nitrogens with zero attached hydrogens (tertiary/aromatic N) is 5. The number of halogens is 2. The summed E-state index contributed by atoms with van der Waals surface area (Å²) in [7, 11) is 0. The van der Waals surface area contributed by atoms with Gasteiger partial charge in [-0.05, 0) is 30.1 Å². The first-order chi connectivity index (χ1) is 7.65. The Morgan fingerprint density at radius 1 is 1.25 bits per heavy atom. The number of nitrogens with one attached hydrogen (secondary N) is 2. The van der Waals surface area contributed by atoms with E-state index in [1.807, 2.05) is 6.92 Å². The summed E-state index contributed by atoms with van der Waals surface area (Å²) in [6, 6.07) is -0.142. The van der Waals surface area contributed by atoms with Crippen LogP contribution < -0.4 is 5.32 Å². The highest BCUT2D eigenvalue weighted by Crippen LogP contribution is 2.15. The average Bonchev–Trinajstić information content (AvgIpc) is 2.68. The minimum Gasteiger partial charge on any atom is -0.344 e. The van der Waals surface area contributed by atoms with Gasteiger partial charge in [-0.15, -0.1) is 0 Å². The minimum atomic E-state index is -0.142. The van der Waals surface area contributed by atoms with Gasteiger partial charge in [-0.25, -0.2) is 4.98 Å². The van der Waals surface area contributed by atoms with Gasteiger partial charge in [-0.3, -0.25) is 5.10 Å². The van der Waals surface area contributed by atoms with E-state index < -0.39 is 0 Å². The van der Waals surface area contributed by atoms with Crippen LogP contribution in [0.25, 0.3) is 0 Å². The van der Waals surface area contributed by atoms with Crippen LogP contribution >= 0.6 is 23.2 Å². The van der Waals surface area contributed by atoms with Gasteiger partial charge in [0.15, 0.2) is 0 Å². The Hall–Kier alpha value is -1.47. The van der Waals surface area contributed by atoms with Crippen LogP contribution in [0.5, 0.6) is 0 Å². The van der Waals surface area contributed by atoms with Crippen molar-refractivity contribution in [2.75, 3.05) is 5.32 Å². The van der Waals surface area contributed by atoms with E-state index in [0.717, 1.165) is 0 Å². The number of aromatic nitrogens is 6. The smallest absolute Gasteiger partial charge is 0.228 e. The Morgan fingerprint density at radius 2 is 1.94 bits per heavy atom. The highest BCUT2D eigenvalue weighted by atomic mass is 35.5. The number of anilines is 1. The third-order valence-corrected chi connectivity index (χ3v) is 2.11. The van der Waals surface area contributed by atoms with E-state index in [9.17, 15) is 0 Å². The summed E-state index contributed by atoms with van der Waals surface area (Å²) in [5.41, 5.74) is 0. The second-order valence-electron chi connectivity index (χ2n) is 2.93. The molecule has 84 valence electrons. The molecule has 16 heavy (non-hydrogen) atoms. The van der Waals surface area contributed by atoms with Gasteiger partial charge in [0, 0.05) is 0 Å². The maximum atomic E-state index is 5.64. The average molecular weight is 260 g/mol. The molecule has 7 nitrogen and oxygen atoms in total. The molecule has 2 aromatic rings. The lowest BCUT2D eigenvalue weighted by atomic mass is 10.3. The summed E-state index contributed by atoms with van der Waals surface area (Å²) >= 11 is 11.3. The maximum Gasteiger partial charge on any atom is 0.228 e.